The zero-order valence-corrected chi connectivity index (χ0v) is 15.1. The predicted octanol–water partition coefficient (Wildman–Crippen LogP) is 3.83. The van der Waals surface area contributed by atoms with E-state index in [-0.39, 0.29) is 17.8 Å². The number of H-pyrrole nitrogens is 1. The number of aromatic nitrogens is 2. The Morgan fingerprint density at radius 1 is 1.08 bits per heavy atom. The Balaban J connectivity index is 1.61. The van der Waals surface area contributed by atoms with Crippen molar-refractivity contribution in [1.29, 1.82) is 0 Å². The fourth-order valence-electron chi connectivity index (χ4n) is 2.61. The monoisotopic (exact) mass is 354 g/mol. The minimum atomic E-state index is -0.257. The van der Waals surface area contributed by atoms with E-state index in [1.54, 1.807) is 6.20 Å². The molecule has 3 rings (SSSR count). The van der Waals surface area contributed by atoms with Gasteiger partial charge in [0.1, 0.15) is 5.75 Å². The Morgan fingerprint density at radius 2 is 1.85 bits per heavy atom. The van der Waals surface area contributed by atoms with Gasteiger partial charge in [0.2, 0.25) is 5.88 Å². The average Bonchev–Trinajstić information content (AvgIpc) is 3.01. The molecule has 0 saturated carbocycles. The molecule has 0 unspecified atom stereocenters. The normalized spacial score (nSPS) is 12.2. The summed E-state index contributed by atoms with van der Waals surface area (Å²) in [6.07, 6.45) is 2.57. The van der Waals surface area contributed by atoms with E-state index < -0.39 is 0 Å². The first kappa shape index (κ1) is 17.8. The van der Waals surface area contributed by atoms with Crippen LogP contribution >= 0.6 is 0 Å². The van der Waals surface area contributed by atoms with Crippen molar-refractivity contribution in [2.75, 3.05) is 0 Å². The van der Waals surface area contributed by atoms with E-state index in [4.69, 9.17) is 14.0 Å². The van der Waals surface area contributed by atoms with Crippen molar-refractivity contribution in [3.63, 3.8) is 0 Å². The first-order chi connectivity index (χ1) is 12.5. The molecule has 0 fully saturated rings. The van der Waals surface area contributed by atoms with Gasteiger partial charge in [-0.3, -0.25) is 4.79 Å². The fourth-order valence-corrected chi connectivity index (χ4v) is 2.61. The molecule has 2 heterocycles. The van der Waals surface area contributed by atoms with Gasteiger partial charge in [0.05, 0.1) is 18.3 Å². The molecule has 1 atom stereocenters. The Hall–Kier alpha value is -3.02. The zero-order chi connectivity index (χ0) is 18.5. The maximum atomic E-state index is 11.1. The summed E-state index contributed by atoms with van der Waals surface area (Å²) in [4.78, 5) is 15.4. The topological polar surface area (TPSA) is 77.4 Å². The molecular weight excluding hydrogens is 332 g/mol. The molecule has 1 N–H and O–H groups in total. The highest BCUT2D eigenvalue weighted by Crippen LogP contribution is 2.22. The Labute approximate surface area is 151 Å². The Kier molecular flexibility index (Phi) is 5.41. The fraction of sp³-hybridized carbons (Fsp3) is 0.300. The third kappa shape index (κ3) is 4.75. The molecule has 6 nitrogen and oxygen atoms in total. The second kappa shape index (κ2) is 7.91. The van der Waals surface area contributed by atoms with Gasteiger partial charge in [-0.2, -0.15) is 5.16 Å². The van der Waals surface area contributed by atoms with Gasteiger partial charge in [-0.1, -0.05) is 0 Å². The van der Waals surface area contributed by atoms with Crippen LogP contribution in [-0.4, -0.2) is 22.3 Å². The molecule has 6 heteroatoms. The maximum absolute atomic E-state index is 11.1. The molecule has 3 aromatic rings. The molecule has 0 aliphatic heterocycles. The number of pyridine rings is 1. The molecule has 0 aliphatic rings. The summed E-state index contributed by atoms with van der Waals surface area (Å²) in [5, 5.41) is 2.28. The number of rotatable bonds is 7. The van der Waals surface area contributed by atoms with Crippen molar-refractivity contribution in [3.05, 3.63) is 64.6 Å². The summed E-state index contributed by atoms with van der Waals surface area (Å²) in [6.45, 7) is 5.97. The summed E-state index contributed by atoms with van der Waals surface area (Å²) >= 11 is 0. The lowest BCUT2D eigenvalue weighted by molar-refractivity contribution is 0.220. The number of benzene rings is 1. The molecule has 0 bridgehead atoms. The summed E-state index contributed by atoms with van der Waals surface area (Å²) < 4.78 is 16.7. The number of hydrogen-bond donors (Lipinski definition) is 1. The van der Waals surface area contributed by atoms with Gasteiger partial charge in [0, 0.05) is 24.2 Å². The van der Waals surface area contributed by atoms with Gasteiger partial charge in [-0.15, -0.1) is 0 Å². The first-order valence-electron chi connectivity index (χ1n) is 8.57. The van der Waals surface area contributed by atoms with Crippen molar-refractivity contribution in [1.82, 2.24) is 10.1 Å². The van der Waals surface area contributed by atoms with Crippen molar-refractivity contribution in [3.8, 4) is 23.0 Å². The zero-order valence-electron chi connectivity index (χ0n) is 15.1. The summed E-state index contributed by atoms with van der Waals surface area (Å²) in [6, 6.07) is 12.8. The van der Waals surface area contributed by atoms with Crippen LogP contribution < -0.4 is 15.0 Å². The molecule has 0 aliphatic carbocycles. The molecule has 136 valence electrons. The Morgan fingerprint density at radius 3 is 2.50 bits per heavy atom. The molecule has 0 radical (unpaired) electrons. The molecule has 2 aromatic heterocycles. The summed E-state index contributed by atoms with van der Waals surface area (Å²) in [7, 11) is 0. The lowest BCUT2D eigenvalue weighted by Gasteiger charge is -2.16. The van der Waals surface area contributed by atoms with Gasteiger partial charge in [-0.05, 0) is 56.7 Å². The van der Waals surface area contributed by atoms with Gasteiger partial charge in [0.15, 0.2) is 5.76 Å². The van der Waals surface area contributed by atoms with Crippen LogP contribution in [0, 0.1) is 0 Å². The van der Waals surface area contributed by atoms with E-state index in [0.29, 0.717) is 11.6 Å². The van der Waals surface area contributed by atoms with E-state index in [9.17, 15) is 4.79 Å². The number of ether oxygens (including phenoxy) is 2. The highest BCUT2D eigenvalue weighted by atomic mass is 16.5. The van der Waals surface area contributed by atoms with Crippen LogP contribution in [0.3, 0.4) is 0 Å². The van der Waals surface area contributed by atoms with E-state index in [1.807, 2.05) is 57.2 Å². The van der Waals surface area contributed by atoms with Crippen molar-refractivity contribution < 1.29 is 14.0 Å². The number of nitrogens with zero attached hydrogens (tertiary/aromatic N) is 1. The highest BCUT2D eigenvalue weighted by Gasteiger charge is 2.09. The Bertz CT molecular complexity index is 896. The largest absolute Gasteiger partial charge is 0.490 e. The quantitative estimate of drug-likeness (QED) is 0.698. The highest BCUT2D eigenvalue weighted by molar-refractivity contribution is 5.57. The number of hydrogen-bond acceptors (Lipinski definition) is 5. The van der Waals surface area contributed by atoms with Crippen molar-refractivity contribution in [2.24, 2.45) is 0 Å². The van der Waals surface area contributed by atoms with E-state index in [0.717, 1.165) is 23.3 Å². The van der Waals surface area contributed by atoms with Crippen LogP contribution in [-0.2, 0) is 6.42 Å². The lowest BCUT2D eigenvalue weighted by Crippen LogP contribution is -2.15. The molecule has 0 spiro atoms. The van der Waals surface area contributed by atoms with Crippen LogP contribution in [0.5, 0.6) is 11.6 Å². The standard InChI is InChI=1S/C20H22N2O4/c1-13(2)24-20-11-15(8-9-21-20)10-14(3)25-17-6-4-16(5-7-17)18-12-19(23)22-26-18/h4-9,11-14H,10H2,1-3H3,(H,22,23)/t14-/m1/s1. The molecule has 26 heavy (non-hydrogen) atoms. The van der Waals surface area contributed by atoms with Gasteiger partial charge >= 0.3 is 0 Å². The SMILES string of the molecule is CC(C)Oc1cc(C[C@@H](C)Oc2ccc(-c3cc(=O)[nH]o3)cc2)ccn1. The predicted molar refractivity (Wildman–Crippen MR) is 98.6 cm³/mol. The average molecular weight is 354 g/mol. The first-order valence-corrected chi connectivity index (χ1v) is 8.57. The smallest absolute Gasteiger partial charge is 0.280 e. The molecule has 0 amide bonds. The lowest BCUT2D eigenvalue weighted by atomic mass is 10.1. The third-order valence-electron chi connectivity index (χ3n) is 3.68. The van der Waals surface area contributed by atoms with Gasteiger partial charge in [-0.25, -0.2) is 4.98 Å². The number of aromatic amines is 1. The van der Waals surface area contributed by atoms with Crippen molar-refractivity contribution in [2.45, 2.75) is 39.4 Å². The van der Waals surface area contributed by atoms with Crippen LogP contribution in [0.25, 0.3) is 11.3 Å². The molecule has 0 saturated heterocycles. The van der Waals surface area contributed by atoms with Crippen LogP contribution in [0.15, 0.2) is 58.0 Å². The molecule has 1 aromatic carbocycles. The van der Waals surface area contributed by atoms with E-state index in [2.05, 4.69) is 10.1 Å². The van der Waals surface area contributed by atoms with Crippen LogP contribution in [0.4, 0.5) is 0 Å². The maximum Gasteiger partial charge on any atom is 0.280 e. The van der Waals surface area contributed by atoms with Crippen molar-refractivity contribution >= 4 is 0 Å². The van der Waals surface area contributed by atoms with E-state index in [1.165, 1.54) is 6.07 Å². The van der Waals surface area contributed by atoms with Gasteiger partial charge < -0.3 is 14.0 Å². The molecular formula is C20H22N2O4. The summed E-state index contributed by atoms with van der Waals surface area (Å²) in [5.74, 6) is 1.89. The summed E-state index contributed by atoms with van der Waals surface area (Å²) in [5.41, 5.74) is 1.66. The van der Waals surface area contributed by atoms with E-state index >= 15 is 0 Å². The minimum Gasteiger partial charge on any atom is -0.490 e. The van der Waals surface area contributed by atoms with Crippen LogP contribution in [0.1, 0.15) is 26.3 Å². The third-order valence-corrected chi connectivity index (χ3v) is 3.68. The second-order valence-electron chi connectivity index (χ2n) is 6.40. The van der Waals surface area contributed by atoms with Crippen LogP contribution in [0.2, 0.25) is 0 Å². The minimum absolute atomic E-state index is 0.0136. The second-order valence-corrected chi connectivity index (χ2v) is 6.40. The number of nitrogens with one attached hydrogen (secondary N) is 1. The van der Waals surface area contributed by atoms with Gasteiger partial charge in [0.25, 0.3) is 5.56 Å².